The quantitative estimate of drug-likeness (QED) is 0.734. The molecule has 1 aromatic rings. The second-order valence-electron chi connectivity index (χ2n) is 6.21. The van der Waals surface area contributed by atoms with Crippen molar-refractivity contribution in [3.05, 3.63) is 27.7 Å². The Bertz CT molecular complexity index is 796. The Morgan fingerprint density at radius 3 is 2.88 bits per heavy atom. The molecule has 4 rings (SSSR count). The number of nitrogens with zero attached hydrogens (tertiary/aromatic N) is 2. The largest absolute Gasteiger partial charge is 0.491 e. The molecule has 0 bridgehead atoms. The number of esters is 1. The lowest BCUT2D eigenvalue weighted by Crippen LogP contribution is -2.56. The average molecular weight is 334 g/mol. The Kier molecular flexibility index (Phi) is 3.21. The highest BCUT2D eigenvalue weighted by molar-refractivity contribution is 5.98. The molecule has 2 aliphatic heterocycles. The molecular formula is C16H18N2O6. The molecule has 2 unspecified atom stereocenters. The second kappa shape index (κ2) is 5.07. The molecule has 1 spiro atoms. The molecule has 1 aromatic heterocycles. The number of hydrogen-bond donors (Lipinski definition) is 0. The maximum absolute atomic E-state index is 13.0. The van der Waals surface area contributed by atoms with Crippen molar-refractivity contribution in [3.63, 3.8) is 0 Å². The number of carbonyl (C=O) groups is 2. The number of methoxy groups -OCH3 is 2. The van der Waals surface area contributed by atoms with Crippen molar-refractivity contribution in [2.75, 3.05) is 27.4 Å². The zero-order valence-corrected chi connectivity index (χ0v) is 13.5. The minimum Gasteiger partial charge on any atom is -0.491 e. The van der Waals surface area contributed by atoms with Gasteiger partial charge in [-0.3, -0.25) is 9.59 Å². The van der Waals surface area contributed by atoms with Crippen LogP contribution in [0.1, 0.15) is 46.2 Å². The molecule has 1 aliphatic carbocycles. The van der Waals surface area contributed by atoms with Crippen LogP contribution < -0.4 is 10.2 Å². The van der Waals surface area contributed by atoms with E-state index in [1.807, 2.05) is 0 Å². The van der Waals surface area contributed by atoms with E-state index in [1.54, 1.807) is 9.47 Å². The maximum atomic E-state index is 13.0. The number of rotatable bonds is 2. The van der Waals surface area contributed by atoms with Crippen molar-refractivity contribution < 1.29 is 23.8 Å². The molecule has 2 fully saturated rings. The zero-order chi connectivity index (χ0) is 17.1. The lowest BCUT2D eigenvalue weighted by atomic mass is 9.99. The third-order valence-electron chi connectivity index (χ3n) is 5.24. The SMILES string of the molecule is COC(=O)c1cn2c(c(OC)c1=O)C(=O)N1CCOC13CCCC23. The smallest absolute Gasteiger partial charge is 0.343 e. The van der Waals surface area contributed by atoms with Gasteiger partial charge < -0.3 is 23.7 Å². The van der Waals surface area contributed by atoms with Crippen LogP contribution in [0.25, 0.3) is 0 Å². The Morgan fingerprint density at radius 2 is 2.17 bits per heavy atom. The molecule has 3 heterocycles. The summed E-state index contributed by atoms with van der Waals surface area (Å²) >= 11 is 0. The molecule has 8 nitrogen and oxygen atoms in total. The van der Waals surface area contributed by atoms with Crippen LogP contribution in [0.4, 0.5) is 0 Å². The van der Waals surface area contributed by atoms with E-state index >= 15 is 0 Å². The predicted octanol–water partition coefficient (Wildman–Crippen LogP) is 0.551. The van der Waals surface area contributed by atoms with Crippen molar-refractivity contribution in [1.82, 2.24) is 9.47 Å². The van der Waals surface area contributed by atoms with Crippen molar-refractivity contribution in [1.29, 1.82) is 0 Å². The van der Waals surface area contributed by atoms with Gasteiger partial charge in [0.2, 0.25) is 5.43 Å². The number of fused-ring (bicyclic) bond motifs is 2. The van der Waals surface area contributed by atoms with Gasteiger partial charge in [0.25, 0.3) is 5.91 Å². The Hall–Kier alpha value is -2.35. The van der Waals surface area contributed by atoms with Gasteiger partial charge in [0, 0.05) is 12.7 Å². The first-order valence-electron chi connectivity index (χ1n) is 7.92. The first kappa shape index (κ1) is 15.2. The second-order valence-corrected chi connectivity index (χ2v) is 6.21. The first-order valence-corrected chi connectivity index (χ1v) is 7.92. The molecule has 1 saturated heterocycles. The molecule has 0 aromatic carbocycles. The van der Waals surface area contributed by atoms with Crippen molar-refractivity contribution in [3.8, 4) is 5.75 Å². The standard InChI is InChI=1S/C16H18N2O6/c1-22-13-11-14(20)18-6-7-24-16(18)5-3-4-10(16)17(11)8-9(12(13)19)15(21)23-2/h8,10H,3-7H2,1-2H3. The van der Waals surface area contributed by atoms with Crippen LogP contribution in [0.2, 0.25) is 0 Å². The van der Waals surface area contributed by atoms with E-state index in [0.717, 1.165) is 19.3 Å². The topological polar surface area (TPSA) is 87.1 Å². The number of hydrogen-bond acceptors (Lipinski definition) is 6. The summed E-state index contributed by atoms with van der Waals surface area (Å²) in [5.41, 5.74) is -1.27. The van der Waals surface area contributed by atoms with E-state index < -0.39 is 17.1 Å². The van der Waals surface area contributed by atoms with Crippen molar-refractivity contribution >= 4 is 11.9 Å². The highest BCUT2D eigenvalue weighted by Crippen LogP contribution is 2.51. The maximum Gasteiger partial charge on any atom is 0.343 e. The van der Waals surface area contributed by atoms with E-state index in [-0.39, 0.29) is 29.0 Å². The number of ether oxygens (including phenoxy) is 3. The Labute approximate surface area is 137 Å². The average Bonchev–Trinajstić information content (AvgIpc) is 3.21. The summed E-state index contributed by atoms with van der Waals surface area (Å²) in [5.74, 6) is -1.16. The van der Waals surface area contributed by atoms with Gasteiger partial charge in [-0.05, 0) is 19.3 Å². The molecule has 2 atom stereocenters. The minimum absolute atomic E-state index is 0.115. The summed E-state index contributed by atoms with van der Waals surface area (Å²) in [6.45, 7) is 0.957. The van der Waals surface area contributed by atoms with Gasteiger partial charge in [-0.15, -0.1) is 0 Å². The van der Waals surface area contributed by atoms with Gasteiger partial charge in [-0.25, -0.2) is 4.79 Å². The van der Waals surface area contributed by atoms with Crippen LogP contribution in [0.15, 0.2) is 11.0 Å². The zero-order valence-electron chi connectivity index (χ0n) is 13.5. The third-order valence-corrected chi connectivity index (χ3v) is 5.24. The fraction of sp³-hybridized carbons (Fsp3) is 0.562. The Morgan fingerprint density at radius 1 is 1.38 bits per heavy atom. The summed E-state index contributed by atoms with van der Waals surface area (Å²) in [7, 11) is 2.53. The summed E-state index contributed by atoms with van der Waals surface area (Å²) in [6, 6.07) is -0.148. The van der Waals surface area contributed by atoms with Crippen LogP contribution in [0.3, 0.4) is 0 Å². The minimum atomic E-state index is -0.747. The molecular weight excluding hydrogens is 316 g/mol. The molecule has 8 heteroatoms. The lowest BCUT2D eigenvalue weighted by molar-refractivity contribution is -0.0987. The van der Waals surface area contributed by atoms with Gasteiger partial charge in [0.1, 0.15) is 5.56 Å². The van der Waals surface area contributed by atoms with Crippen LogP contribution in [0.5, 0.6) is 5.75 Å². The van der Waals surface area contributed by atoms with E-state index in [4.69, 9.17) is 14.2 Å². The summed E-state index contributed by atoms with van der Waals surface area (Å²) in [5, 5.41) is 0. The lowest BCUT2D eigenvalue weighted by Gasteiger charge is -2.44. The molecule has 0 N–H and O–H groups in total. The van der Waals surface area contributed by atoms with Crippen molar-refractivity contribution in [2.24, 2.45) is 0 Å². The molecule has 128 valence electrons. The van der Waals surface area contributed by atoms with E-state index in [2.05, 4.69) is 0 Å². The Balaban J connectivity index is 2.01. The highest BCUT2D eigenvalue weighted by atomic mass is 16.5. The summed E-state index contributed by atoms with van der Waals surface area (Å²) in [6.07, 6.45) is 3.85. The molecule has 0 radical (unpaired) electrons. The van der Waals surface area contributed by atoms with Crippen molar-refractivity contribution in [2.45, 2.75) is 31.0 Å². The number of carbonyl (C=O) groups excluding carboxylic acids is 2. The fourth-order valence-corrected chi connectivity index (χ4v) is 4.27. The predicted molar refractivity (Wildman–Crippen MR) is 81.2 cm³/mol. The van der Waals surface area contributed by atoms with E-state index in [9.17, 15) is 14.4 Å². The van der Waals surface area contributed by atoms with Crippen LogP contribution >= 0.6 is 0 Å². The fourth-order valence-electron chi connectivity index (χ4n) is 4.27. The van der Waals surface area contributed by atoms with Gasteiger partial charge in [0.15, 0.2) is 17.2 Å². The molecule has 1 saturated carbocycles. The first-order chi connectivity index (χ1) is 11.5. The van der Waals surface area contributed by atoms with E-state index in [1.165, 1.54) is 20.4 Å². The van der Waals surface area contributed by atoms with Crippen LogP contribution in [-0.2, 0) is 9.47 Å². The molecule has 24 heavy (non-hydrogen) atoms. The molecule has 3 aliphatic rings. The van der Waals surface area contributed by atoms with Crippen LogP contribution in [-0.4, -0.2) is 54.4 Å². The van der Waals surface area contributed by atoms with E-state index in [0.29, 0.717) is 13.2 Å². The monoisotopic (exact) mass is 334 g/mol. The number of pyridine rings is 1. The van der Waals surface area contributed by atoms with Gasteiger partial charge >= 0.3 is 5.97 Å². The van der Waals surface area contributed by atoms with Gasteiger partial charge in [-0.2, -0.15) is 0 Å². The normalized spacial score (nSPS) is 27.5. The van der Waals surface area contributed by atoms with Crippen LogP contribution in [0, 0.1) is 0 Å². The summed E-state index contributed by atoms with van der Waals surface area (Å²) < 4.78 is 17.6. The third kappa shape index (κ3) is 1.69. The molecule has 1 amide bonds. The number of aromatic nitrogens is 1. The van der Waals surface area contributed by atoms with Gasteiger partial charge in [-0.1, -0.05) is 0 Å². The highest BCUT2D eigenvalue weighted by Gasteiger charge is 2.58. The van der Waals surface area contributed by atoms with Gasteiger partial charge in [0.05, 0.1) is 26.9 Å². The summed E-state index contributed by atoms with van der Waals surface area (Å²) in [4.78, 5) is 39.2. The number of amides is 1.